The Morgan fingerprint density at radius 1 is 1.25 bits per heavy atom. The Labute approximate surface area is 97.6 Å². The fourth-order valence-electron chi connectivity index (χ4n) is 1.75. The minimum absolute atomic E-state index is 0.253. The van der Waals surface area contributed by atoms with Crippen molar-refractivity contribution in [2.45, 2.75) is 32.4 Å². The molecule has 1 aromatic rings. The van der Waals surface area contributed by atoms with Gasteiger partial charge < -0.3 is 15.2 Å². The number of rotatable bonds is 5. The van der Waals surface area contributed by atoms with E-state index < -0.39 is 0 Å². The molecule has 3 nitrogen and oxygen atoms in total. The summed E-state index contributed by atoms with van der Waals surface area (Å²) in [6.45, 7) is 4.61. The Morgan fingerprint density at radius 2 is 1.94 bits per heavy atom. The number of hydrogen-bond acceptors (Lipinski definition) is 3. The summed E-state index contributed by atoms with van der Waals surface area (Å²) >= 11 is 0. The second kappa shape index (κ2) is 5.32. The minimum Gasteiger partial charge on any atom is -0.496 e. The van der Waals surface area contributed by atoms with Crippen molar-refractivity contribution in [1.29, 1.82) is 0 Å². The molecule has 3 heteroatoms. The van der Waals surface area contributed by atoms with Crippen LogP contribution >= 0.6 is 0 Å². The van der Waals surface area contributed by atoms with Crippen LogP contribution in [0.2, 0.25) is 0 Å². The van der Waals surface area contributed by atoms with Crippen molar-refractivity contribution in [2.24, 2.45) is 5.73 Å². The third kappa shape index (κ3) is 3.51. The molecule has 16 heavy (non-hydrogen) atoms. The second-order valence-electron chi connectivity index (χ2n) is 4.70. The molecule has 0 aliphatic heterocycles. The monoisotopic (exact) mass is 223 g/mol. The fourth-order valence-corrected chi connectivity index (χ4v) is 1.75. The maximum absolute atomic E-state index is 6.06. The first-order valence-corrected chi connectivity index (χ1v) is 5.40. The second-order valence-corrected chi connectivity index (χ2v) is 4.70. The van der Waals surface area contributed by atoms with Gasteiger partial charge in [-0.3, -0.25) is 0 Å². The van der Waals surface area contributed by atoms with Gasteiger partial charge in [-0.1, -0.05) is 12.1 Å². The molecule has 0 bridgehead atoms. The van der Waals surface area contributed by atoms with Gasteiger partial charge in [0.15, 0.2) is 0 Å². The van der Waals surface area contributed by atoms with Crippen molar-refractivity contribution in [2.75, 3.05) is 14.2 Å². The Bertz CT molecular complexity index is 342. The highest BCUT2D eigenvalue weighted by atomic mass is 16.5. The first kappa shape index (κ1) is 13.0. The zero-order valence-electron chi connectivity index (χ0n) is 10.5. The maximum atomic E-state index is 6.06. The van der Waals surface area contributed by atoms with Crippen molar-refractivity contribution in [3.8, 4) is 5.75 Å². The zero-order chi connectivity index (χ0) is 12.2. The van der Waals surface area contributed by atoms with Gasteiger partial charge in [0.1, 0.15) is 5.75 Å². The van der Waals surface area contributed by atoms with Crippen molar-refractivity contribution in [3.63, 3.8) is 0 Å². The van der Waals surface area contributed by atoms with Gasteiger partial charge in [0.05, 0.1) is 13.7 Å². The van der Waals surface area contributed by atoms with Gasteiger partial charge in [-0.2, -0.15) is 0 Å². The first-order chi connectivity index (χ1) is 7.48. The fraction of sp³-hybridized carbons (Fsp3) is 0.538. The molecule has 0 saturated carbocycles. The molecule has 0 unspecified atom stereocenters. The van der Waals surface area contributed by atoms with Crippen LogP contribution in [0.25, 0.3) is 0 Å². The van der Waals surface area contributed by atoms with Crippen LogP contribution in [0.1, 0.15) is 25.0 Å². The molecule has 0 aromatic heterocycles. The lowest BCUT2D eigenvalue weighted by Gasteiger charge is -2.22. The van der Waals surface area contributed by atoms with E-state index in [2.05, 4.69) is 0 Å². The quantitative estimate of drug-likeness (QED) is 0.831. The van der Waals surface area contributed by atoms with Crippen molar-refractivity contribution < 1.29 is 9.47 Å². The Hall–Kier alpha value is -1.06. The zero-order valence-corrected chi connectivity index (χ0v) is 10.5. The van der Waals surface area contributed by atoms with E-state index in [9.17, 15) is 0 Å². The summed E-state index contributed by atoms with van der Waals surface area (Å²) in [5.41, 5.74) is 8.08. The van der Waals surface area contributed by atoms with Crippen molar-refractivity contribution in [3.05, 3.63) is 29.3 Å². The molecule has 0 fully saturated rings. The summed E-state index contributed by atoms with van der Waals surface area (Å²) in [6.07, 6.45) is 0.774. The van der Waals surface area contributed by atoms with Crippen LogP contribution in [-0.4, -0.2) is 19.8 Å². The van der Waals surface area contributed by atoms with E-state index in [1.807, 2.05) is 32.0 Å². The number of nitrogens with two attached hydrogens (primary N) is 1. The van der Waals surface area contributed by atoms with E-state index >= 15 is 0 Å². The smallest absolute Gasteiger partial charge is 0.122 e. The maximum Gasteiger partial charge on any atom is 0.122 e. The molecular weight excluding hydrogens is 202 g/mol. The lowest BCUT2D eigenvalue weighted by Crippen LogP contribution is -2.35. The highest BCUT2D eigenvalue weighted by Gasteiger charge is 2.17. The third-order valence-corrected chi connectivity index (χ3v) is 2.38. The summed E-state index contributed by atoms with van der Waals surface area (Å²) in [4.78, 5) is 0. The van der Waals surface area contributed by atoms with Gasteiger partial charge in [0, 0.05) is 18.2 Å². The summed E-state index contributed by atoms with van der Waals surface area (Å²) in [5, 5.41) is 0. The van der Waals surface area contributed by atoms with Crippen molar-refractivity contribution in [1.82, 2.24) is 0 Å². The van der Waals surface area contributed by atoms with E-state index in [1.165, 1.54) is 0 Å². The summed E-state index contributed by atoms with van der Waals surface area (Å²) in [6, 6.07) is 5.98. The van der Waals surface area contributed by atoms with Crippen LogP contribution in [0.4, 0.5) is 0 Å². The number of hydrogen-bond donors (Lipinski definition) is 1. The van der Waals surface area contributed by atoms with Crippen molar-refractivity contribution >= 4 is 0 Å². The largest absolute Gasteiger partial charge is 0.496 e. The van der Waals surface area contributed by atoms with Gasteiger partial charge in [0.2, 0.25) is 0 Å². The molecule has 90 valence electrons. The van der Waals surface area contributed by atoms with E-state index in [0.29, 0.717) is 6.61 Å². The van der Waals surface area contributed by atoms with E-state index in [4.69, 9.17) is 15.2 Å². The van der Waals surface area contributed by atoms with Crippen LogP contribution in [-0.2, 0) is 17.8 Å². The predicted molar refractivity (Wildman–Crippen MR) is 65.7 cm³/mol. The van der Waals surface area contributed by atoms with Crippen LogP contribution < -0.4 is 10.5 Å². The molecule has 0 spiro atoms. The van der Waals surface area contributed by atoms with Gasteiger partial charge in [0.25, 0.3) is 0 Å². The lowest BCUT2D eigenvalue weighted by molar-refractivity contribution is 0.183. The minimum atomic E-state index is -0.253. The molecule has 2 N–H and O–H groups in total. The number of methoxy groups -OCH3 is 2. The normalized spacial score (nSPS) is 11.6. The van der Waals surface area contributed by atoms with Gasteiger partial charge in [-0.15, -0.1) is 0 Å². The van der Waals surface area contributed by atoms with Gasteiger partial charge in [-0.25, -0.2) is 0 Å². The molecule has 0 saturated heterocycles. The molecule has 0 aliphatic rings. The highest BCUT2D eigenvalue weighted by Crippen LogP contribution is 2.26. The Morgan fingerprint density at radius 3 is 2.44 bits per heavy atom. The molecule has 0 amide bonds. The average Bonchev–Trinajstić information content (AvgIpc) is 2.19. The summed E-state index contributed by atoms with van der Waals surface area (Å²) < 4.78 is 10.6. The molecule has 0 aliphatic carbocycles. The number of ether oxygens (including phenoxy) is 2. The molecule has 0 radical (unpaired) electrons. The Balaban J connectivity index is 3.09. The third-order valence-electron chi connectivity index (χ3n) is 2.38. The van der Waals surface area contributed by atoms with Crippen LogP contribution in [0.15, 0.2) is 18.2 Å². The SMILES string of the molecule is COCc1cccc(OC)c1CC(C)(C)N. The van der Waals surface area contributed by atoms with Crippen LogP contribution in [0.5, 0.6) is 5.75 Å². The topological polar surface area (TPSA) is 44.5 Å². The standard InChI is InChI=1S/C13H21NO2/c1-13(2,14)8-11-10(9-15-3)6-5-7-12(11)16-4/h5-7H,8-9,14H2,1-4H3. The summed E-state index contributed by atoms with van der Waals surface area (Å²) in [7, 11) is 3.37. The van der Waals surface area contributed by atoms with E-state index in [1.54, 1.807) is 14.2 Å². The Kier molecular flexibility index (Phi) is 4.33. The van der Waals surface area contributed by atoms with Crippen LogP contribution in [0, 0.1) is 0 Å². The predicted octanol–water partition coefficient (Wildman–Crippen LogP) is 2.12. The average molecular weight is 223 g/mol. The molecule has 0 atom stereocenters. The lowest BCUT2D eigenvalue weighted by atomic mass is 9.92. The molecular formula is C13H21NO2. The first-order valence-electron chi connectivity index (χ1n) is 5.40. The van der Waals surface area contributed by atoms with Gasteiger partial charge >= 0.3 is 0 Å². The molecule has 1 aromatic carbocycles. The van der Waals surface area contributed by atoms with E-state index in [-0.39, 0.29) is 5.54 Å². The van der Waals surface area contributed by atoms with E-state index in [0.717, 1.165) is 23.3 Å². The highest BCUT2D eigenvalue weighted by molar-refractivity contribution is 5.41. The van der Waals surface area contributed by atoms with Crippen LogP contribution in [0.3, 0.4) is 0 Å². The molecule has 0 heterocycles. The summed E-state index contributed by atoms with van der Waals surface area (Å²) in [5.74, 6) is 0.882. The van der Waals surface area contributed by atoms with Gasteiger partial charge in [-0.05, 0) is 31.9 Å². The molecule has 1 rings (SSSR count). The number of benzene rings is 1.